The molecule has 0 amide bonds. The van der Waals surface area contributed by atoms with E-state index in [-0.39, 0.29) is 5.97 Å². The molecule has 1 aromatic rings. The highest BCUT2D eigenvalue weighted by atomic mass is 79.9. The number of rotatable bonds is 6. The summed E-state index contributed by atoms with van der Waals surface area (Å²) >= 11 is 3.49. The van der Waals surface area contributed by atoms with Gasteiger partial charge < -0.3 is 14.2 Å². The summed E-state index contributed by atoms with van der Waals surface area (Å²) in [7, 11) is 3.17. The molecule has 21 heavy (non-hydrogen) atoms. The summed E-state index contributed by atoms with van der Waals surface area (Å²) < 4.78 is 16.8. The third-order valence-electron chi connectivity index (χ3n) is 3.30. The fourth-order valence-corrected chi connectivity index (χ4v) is 2.93. The number of halogens is 1. The lowest BCUT2D eigenvalue weighted by molar-refractivity contribution is -0.140. The van der Waals surface area contributed by atoms with Gasteiger partial charge >= 0.3 is 5.97 Å². The molecule has 1 aliphatic rings. The highest BCUT2D eigenvalue weighted by molar-refractivity contribution is 9.10. The molecule has 0 aromatic heterocycles. The van der Waals surface area contributed by atoms with Crippen molar-refractivity contribution in [2.45, 2.75) is 18.9 Å². The number of benzene rings is 1. The van der Waals surface area contributed by atoms with E-state index in [1.54, 1.807) is 32.4 Å². The van der Waals surface area contributed by atoms with Crippen LogP contribution in [0.15, 0.2) is 40.9 Å². The van der Waals surface area contributed by atoms with Crippen molar-refractivity contribution in [2.24, 2.45) is 0 Å². The number of methoxy groups -OCH3 is 2. The van der Waals surface area contributed by atoms with Crippen LogP contribution in [-0.4, -0.2) is 20.2 Å². The quantitative estimate of drug-likeness (QED) is 0.574. The van der Waals surface area contributed by atoms with E-state index >= 15 is 0 Å². The van der Waals surface area contributed by atoms with Gasteiger partial charge in [-0.05, 0) is 47.0 Å². The standard InChI is InChI=1S/C16H17BrO4/c1-4-5-6-10-9-13(21-16(10)18)14-11(19-2)7-8-12(20-3)15(14)17/h4,7-9,13H,1,5-6H2,2-3H3/t13-/m0/s1. The van der Waals surface area contributed by atoms with Crippen LogP contribution in [0, 0.1) is 0 Å². The van der Waals surface area contributed by atoms with Crippen LogP contribution in [0.1, 0.15) is 24.5 Å². The van der Waals surface area contributed by atoms with Crippen LogP contribution in [0.4, 0.5) is 0 Å². The number of ether oxygens (including phenoxy) is 3. The van der Waals surface area contributed by atoms with Gasteiger partial charge in [-0.25, -0.2) is 4.79 Å². The highest BCUT2D eigenvalue weighted by Gasteiger charge is 2.30. The van der Waals surface area contributed by atoms with E-state index in [2.05, 4.69) is 22.5 Å². The molecule has 0 saturated carbocycles. The summed E-state index contributed by atoms with van der Waals surface area (Å²) in [5.41, 5.74) is 1.41. The second-order valence-corrected chi connectivity index (χ2v) is 5.34. The van der Waals surface area contributed by atoms with Gasteiger partial charge in [-0.3, -0.25) is 0 Å². The Morgan fingerprint density at radius 2 is 2.00 bits per heavy atom. The van der Waals surface area contributed by atoms with Gasteiger partial charge in [-0.2, -0.15) is 0 Å². The smallest absolute Gasteiger partial charge is 0.334 e. The van der Waals surface area contributed by atoms with Crippen LogP contribution in [0.5, 0.6) is 11.5 Å². The van der Waals surface area contributed by atoms with Crippen LogP contribution < -0.4 is 9.47 Å². The highest BCUT2D eigenvalue weighted by Crippen LogP contribution is 2.43. The molecule has 0 unspecified atom stereocenters. The molecule has 0 fully saturated rings. The molecule has 112 valence electrons. The second-order valence-electron chi connectivity index (χ2n) is 4.54. The predicted molar refractivity (Wildman–Crippen MR) is 83.6 cm³/mol. The SMILES string of the molecule is C=CCCC1=C[C@@H](c2c(OC)ccc(OC)c2Br)OC1=O. The molecule has 0 radical (unpaired) electrons. The van der Waals surface area contributed by atoms with Crippen molar-refractivity contribution in [3.05, 3.63) is 46.5 Å². The second kappa shape index (κ2) is 6.80. The Morgan fingerprint density at radius 1 is 1.33 bits per heavy atom. The summed E-state index contributed by atoms with van der Waals surface area (Å²) in [6.07, 6.45) is 4.50. The van der Waals surface area contributed by atoms with Crippen LogP contribution in [0.3, 0.4) is 0 Å². The summed E-state index contributed by atoms with van der Waals surface area (Å²) in [5.74, 6) is 1.01. The molecular formula is C16H17BrO4. The lowest BCUT2D eigenvalue weighted by Crippen LogP contribution is -2.05. The topological polar surface area (TPSA) is 44.8 Å². The number of hydrogen-bond donors (Lipinski definition) is 0. The van der Waals surface area contributed by atoms with Gasteiger partial charge in [-0.15, -0.1) is 6.58 Å². The van der Waals surface area contributed by atoms with Crippen molar-refractivity contribution in [2.75, 3.05) is 14.2 Å². The van der Waals surface area contributed by atoms with E-state index in [0.717, 1.165) is 16.5 Å². The van der Waals surface area contributed by atoms with Crippen molar-refractivity contribution in [1.29, 1.82) is 0 Å². The van der Waals surface area contributed by atoms with E-state index in [1.807, 2.05) is 6.08 Å². The third-order valence-corrected chi connectivity index (χ3v) is 4.11. The lowest BCUT2D eigenvalue weighted by Gasteiger charge is -2.17. The molecule has 0 bridgehead atoms. The van der Waals surface area contributed by atoms with E-state index in [0.29, 0.717) is 23.5 Å². The molecule has 1 atom stereocenters. The number of cyclic esters (lactones) is 1. The average molecular weight is 353 g/mol. The van der Waals surface area contributed by atoms with Gasteiger partial charge in [0.15, 0.2) is 6.10 Å². The molecule has 2 rings (SSSR count). The Kier molecular flexibility index (Phi) is 5.07. The summed E-state index contributed by atoms with van der Waals surface area (Å²) in [6, 6.07) is 3.59. The zero-order valence-electron chi connectivity index (χ0n) is 12.0. The summed E-state index contributed by atoms with van der Waals surface area (Å²) in [5, 5.41) is 0. The van der Waals surface area contributed by atoms with Crippen molar-refractivity contribution in [1.82, 2.24) is 0 Å². The minimum absolute atomic E-state index is 0.293. The molecule has 1 aromatic carbocycles. The van der Waals surface area contributed by atoms with Crippen LogP contribution in [-0.2, 0) is 9.53 Å². The number of carbonyl (C=O) groups is 1. The molecule has 5 heteroatoms. The monoisotopic (exact) mass is 352 g/mol. The van der Waals surface area contributed by atoms with E-state index in [9.17, 15) is 4.79 Å². The number of carbonyl (C=O) groups excluding carboxylic acids is 1. The minimum Gasteiger partial charge on any atom is -0.496 e. The van der Waals surface area contributed by atoms with Gasteiger partial charge in [0.25, 0.3) is 0 Å². The fourth-order valence-electron chi connectivity index (χ4n) is 2.22. The molecule has 1 heterocycles. The van der Waals surface area contributed by atoms with E-state index < -0.39 is 6.10 Å². The Balaban J connectivity index is 2.40. The molecule has 0 saturated heterocycles. The average Bonchev–Trinajstić information content (AvgIpc) is 2.85. The van der Waals surface area contributed by atoms with Crippen LogP contribution >= 0.6 is 15.9 Å². The van der Waals surface area contributed by atoms with Crippen molar-refractivity contribution in [3.63, 3.8) is 0 Å². The van der Waals surface area contributed by atoms with Crippen molar-refractivity contribution in [3.8, 4) is 11.5 Å². The maximum absolute atomic E-state index is 11.9. The van der Waals surface area contributed by atoms with Crippen molar-refractivity contribution < 1.29 is 19.0 Å². The number of esters is 1. The maximum atomic E-state index is 11.9. The summed E-state index contributed by atoms with van der Waals surface area (Å²) in [4.78, 5) is 11.9. The van der Waals surface area contributed by atoms with Crippen LogP contribution in [0.2, 0.25) is 0 Å². The van der Waals surface area contributed by atoms with Crippen LogP contribution in [0.25, 0.3) is 0 Å². The molecule has 0 N–H and O–H groups in total. The van der Waals surface area contributed by atoms with Crippen molar-refractivity contribution >= 4 is 21.9 Å². The van der Waals surface area contributed by atoms with Gasteiger partial charge in [0.1, 0.15) is 11.5 Å². The third kappa shape index (κ3) is 3.13. The molecule has 4 nitrogen and oxygen atoms in total. The Bertz CT molecular complexity index is 592. The normalized spacial score (nSPS) is 17.2. The number of allylic oxidation sites excluding steroid dienone is 1. The minimum atomic E-state index is -0.475. The first kappa shape index (κ1) is 15.6. The molecule has 0 aliphatic carbocycles. The first-order valence-electron chi connectivity index (χ1n) is 6.55. The predicted octanol–water partition coefficient (Wildman–Crippen LogP) is 3.96. The Morgan fingerprint density at radius 3 is 2.62 bits per heavy atom. The summed E-state index contributed by atoms with van der Waals surface area (Å²) in [6.45, 7) is 3.66. The first-order chi connectivity index (χ1) is 10.1. The lowest BCUT2D eigenvalue weighted by atomic mass is 10.0. The van der Waals surface area contributed by atoms with Gasteiger partial charge in [0.2, 0.25) is 0 Å². The molecular weight excluding hydrogens is 336 g/mol. The maximum Gasteiger partial charge on any atom is 0.334 e. The molecule has 0 spiro atoms. The largest absolute Gasteiger partial charge is 0.496 e. The Labute approximate surface area is 132 Å². The van der Waals surface area contributed by atoms with Gasteiger partial charge in [0.05, 0.1) is 24.3 Å². The van der Waals surface area contributed by atoms with E-state index in [1.165, 1.54) is 0 Å². The number of hydrogen-bond acceptors (Lipinski definition) is 4. The first-order valence-corrected chi connectivity index (χ1v) is 7.34. The molecule has 1 aliphatic heterocycles. The van der Waals surface area contributed by atoms with E-state index in [4.69, 9.17) is 14.2 Å². The zero-order valence-corrected chi connectivity index (χ0v) is 13.6. The zero-order chi connectivity index (χ0) is 15.4. The fraction of sp³-hybridized carbons (Fsp3) is 0.312. The Hall–Kier alpha value is -1.75. The van der Waals surface area contributed by atoms with Gasteiger partial charge in [-0.1, -0.05) is 6.08 Å². The van der Waals surface area contributed by atoms with Gasteiger partial charge in [0, 0.05) is 5.57 Å².